The fraction of sp³-hybridized carbons (Fsp3) is 0.462. The molecular weight excluding hydrogens is 284 g/mol. The number of aromatic hydroxyl groups is 1. The van der Waals surface area contributed by atoms with E-state index in [4.69, 9.17) is 0 Å². The smallest absolute Gasteiger partial charge is 0.305 e. The van der Waals surface area contributed by atoms with Crippen molar-refractivity contribution in [3.05, 3.63) is 28.2 Å². The normalized spacial score (nSPS) is 9.18. The largest absolute Gasteiger partial charge is 0.507 e. The van der Waals surface area contributed by atoms with Gasteiger partial charge in [-0.2, -0.15) is 0 Å². The molecule has 0 atom stereocenters. The van der Waals surface area contributed by atoms with Crippen molar-refractivity contribution in [3.63, 3.8) is 0 Å². The number of carbonyl (C=O) groups is 1. The molecule has 1 aromatic carbocycles. The van der Waals surface area contributed by atoms with Gasteiger partial charge < -0.3 is 9.84 Å². The van der Waals surface area contributed by atoms with E-state index in [-0.39, 0.29) is 11.7 Å². The van der Waals surface area contributed by atoms with Gasteiger partial charge in [-0.15, -0.1) is 0 Å². The Labute approximate surface area is 111 Å². The Morgan fingerprint density at radius 3 is 2.47 bits per heavy atom. The number of esters is 1. The summed E-state index contributed by atoms with van der Waals surface area (Å²) in [7, 11) is 1.37. The number of phenolic OH excluding ortho intramolecular Hbond substituents is 1. The second kappa shape index (κ2) is 9.05. The molecule has 0 bridgehead atoms. The third-order valence-electron chi connectivity index (χ3n) is 1.86. The molecule has 1 rings (SSSR count). The van der Waals surface area contributed by atoms with Crippen LogP contribution in [0.25, 0.3) is 0 Å². The summed E-state index contributed by atoms with van der Waals surface area (Å²) in [5.74, 6) is -0.0268. The van der Waals surface area contributed by atoms with Crippen LogP contribution in [0.2, 0.25) is 0 Å². The van der Waals surface area contributed by atoms with E-state index in [0.29, 0.717) is 17.3 Å². The molecule has 0 spiro atoms. The van der Waals surface area contributed by atoms with Crippen LogP contribution in [0, 0.1) is 0 Å². The molecule has 3 nitrogen and oxygen atoms in total. The van der Waals surface area contributed by atoms with Gasteiger partial charge in [0.15, 0.2) is 0 Å². The van der Waals surface area contributed by atoms with Gasteiger partial charge in [-0.25, -0.2) is 0 Å². The first-order valence-electron chi connectivity index (χ1n) is 5.59. The number of methoxy groups -OCH3 is 1. The fourth-order valence-electron chi connectivity index (χ4n) is 1.05. The van der Waals surface area contributed by atoms with Crippen LogP contribution in [0.1, 0.15) is 32.3 Å². The Kier molecular flexibility index (Phi) is 8.50. The molecular formula is C13H19BrO3. The number of carbonyl (C=O) groups excluding carboxylic acids is 1. The van der Waals surface area contributed by atoms with E-state index in [2.05, 4.69) is 34.5 Å². The third kappa shape index (κ3) is 7.00. The summed E-state index contributed by atoms with van der Waals surface area (Å²) in [5, 5.41) is 9.23. The van der Waals surface area contributed by atoms with Crippen LogP contribution >= 0.6 is 15.9 Å². The van der Waals surface area contributed by atoms with E-state index in [9.17, 15) is 9.90 Å². The average Bonchev–Trinajstić information content (AvgIpc) is 2.31. The quantitative estimate of drug-likeness (QED) is 0.867. The lowest BCUT2D eigenvalue weighted by atomic mass is 10.1. The molecule has 0 radical (unpaired) electrons. The number of phenols is 1. The predicted molar refractivity (Wildman–Crippen MR) is 72.1 cm³/mol. The molecule has 1 N–H and O–H groups in total. The van der Waals surface area contributed by atoms with Crippen LogP contribution in [0.4, 0.5) is 0 Å². The number of hydrogen-bond donors (Lipinski definition) is 1. The van der Waals surface area contributed by atoms with Gasteiger partial charge in [-0.1, -0.05) is 26.3 Å². The molecule has 0 amide bonds. The van der Waals surface area contributed by atoms with Crippen LogP contribution in [-0.4, -0.2) is 18.2 Å². The summed E-state index contributed by atoms with van der Waals surface area (Å²) >= 11 is 3.20. The van der Waals surface area contributed by atoms with Gasteiger partial charge in [0.1, 0.15) is 5.75 Å². The van der Waals surface area contributed by atoms with Gasteiger partial charge in [0.2, 0.25) is 0 Å². The monoisotopic (exact) mass is 302 g/mol. The summed E-state index contributed by atoms with van der Waals surface area (Å²) < 4.78 is 5.16. The molecule has 1 aromatic rings. The summed E-state index contributed by atoms with van der Waals surface area (Å²) in [6, 6.07) is 5.16. The molecule has 0 heterocycles. The Morgan fingerprint density at radius 1 is 1.41 bits per heavy atom. The van der Waals surface area contributed by atoms with E-state index in [1.807, 2.05) is 0 Å². The SMILES string of the molecule is CCC.COC(=O)CCc1ccc(O)c(Br)c1. The average molecular weight is 303 g/mol. The lowest BCUT2D eigenvalue weighted by molar-refractivity contribution is -0.140. The van der Waals surface area contributed by atoms with E-state index in [1.165, 1.54) is 13.5 Å². The van der Waals surface area contributed by atoms with Crippen molar-refractivity contribution >= 4 is 21.9 Å². The maximum Gasteiger partial charge on any atom is 0.305 e. The zero-order valence-electron chi connectivity index (χ0n) is 10.5. The minimum absolute atomic E-state index is 0.201. The molecule has 0 fully saturated rings. The van der Waals surface area contributed by atoms with E-state index in [0.717, 1.165) is 5.56 Å². The number of aryl methyl sites for hydroxylation is 1. The van der Waals surface area contributed by atoms with Gasteiger partial charge >= 0.3 is 5.97 Å². The van der Waals surface area contributed by atoms with Gasteiger partial charge in [-0.3, -0.25) is 4.79 Å². The van der Waals surface area contributed by atoms with Crippen LogP contribution in [0.15, 0.2) is 22.7 Å². The standard InChI is InChI=1S/C10H11BrO3.C3H8/c1-14-10(13)5-3-7-2-4-9(12)8(11)6-7;1-3-2/h2,4,6,12H,3,5H2,1H3;3H2,1-2H3. The maximum atomic E-state index is 10.9. The van der Waals surface area contributed by atoms with E-state index < -0.39 is 0 Å². The third-order valence-corrected chi connectivity index (χ3v) is 2.49. The highest BCUT2D eigenvalue weighted by Crippen LogP contribution is 2.24. The number of halogens is 1. The maximum absolute atomic E-state index is 10.9. The summed E-state index contributed by atoms with van der Waals surface area (Å²) in [6.07, 6.45) is 2.22. The lowest BCUT2D eigenvalue weighted by Gasteiger charge is -2.02. The molecule has 0 unspecified atom stereocenters. The minimum Gasteiger partial charge on any atom is -0.507 e. The second-order valence-corrected chi connectivity index (χ2v) is 4.42. The molecule has 96 valence electrons. The molecule has 17 heavy (non-hydrogen) atoms. The van der Waals surface area contributed by atoms with E-state index in [1.54, 1.807) is 18.2 Å². The number of rotatable bonds is 3. The van der Waals surface area contributed by atoms with Gasteiger partial charge in [0.25, 0.3) is 0 Å². The number of hydrogen-bond acceptors (Lipinski definition) is 3. The molecule has 0 aliphatic rings. The first-order chi connectivity index (χ1) is 8.04. The van der Waals surface area contributed by atoms with Crippen molar-refractivity contribution in [3.8, 4) is 5.75 Å². The van der Waals surface area contributed by atoms with Crippen LogP contribution in [0.3, 0.4) is 0 Å². The number of ether oxygens (including phenoxy) is 1. The van der Waals surface area contributed by atoms with Crippen LogP contribution < -0.4 is 0 Å². The van der Waals surface area contributed by atoms with E-state index >= 15 is 0 Å². The highest BCUT2D eigenvalue weighted by molar-refractivity contribution is 9.10. The first kappa shape index (κ1) is 16.0. The zero-order valence-corrected chi connectivity index (χ0v) is 12.1. The summed E-state index contributed by atoms with van der Waals surface area (Å²) in [4.78, 5) is 10.9. The first-order valence-corrected chi connectivity index (χ1v) is 6.38. The second-order valence-electron chi connectivity index (χ2n) is 3.57. The number of benzene rings is 1. The minimum atomic E-state index is -0.228. The predicted octanol–water partition coefficient (Wildman–Crippen LogP) is 3.68. The topological polar surface area (TPSA) is 46.5 Å². The van der Waals surface area contributed by atoms with Crippen LogP contribution in [-0.2, 0) is 16.0 Å². The van der Waals surface area contributed by atoms with Gasteiger partial charge in [-0.05, 0) is 40.0 Å². The summed E-state index contributed by atoms with van der Waals surface area (Å²) in [5.41, 5.74) is 0.986. The van der Waals surface area contributed by atoms with Crippen molar-refractivity contribution in [2.75, 3.05) is 7.11 Å². The molecule has 0 aromatic heterocycles. The highest BCUT2D eigenvalue weighted by atomic mass is 79.9. The van der Waals surface area contributed by atoms with Crippen molar-refractivity contribution in [2.45, 2.75) is 33.1 Å². The van der Waals surface area contributed by atoms with Crippen molar-refractivity contribution in [1.82, 2.24) is 0 Å². The van der Waals surface area contributed by atoms with Crippen molar-refractivity contribution in [1.29, 1.82) is 0 Å². The van der Waals surface area contributed by atoms with Crippen LogP contribution in [0.5, 0.6) is 5.75 Å². The van der Waals surface area contributed by atoms with Crippen molar-refractivity contribution in [2.24, 2.45) is 0 Å². The molecule has 0 aliphatic heterocycles. The molecule has 0 saturated carbocycles. The Bertz CT molecular complexity index is 351. The Balaban J connectivity index is 0.000000770. The Morgan fingerprint density at radius 2 is 2.00 bits per heavy atom. The lowest BCUT2D eigenvalue weighted by Crippen LogP contribution is -2.01. The zero-order chi connectivity index (χ0) is 13.3. The summed E-state index contributed by atoms with van der Waals surface area (Å²) in [6.45, 7) is 4.25. The molecule has 4 heteroatoms. The molecule has 0 saturated heterocycles. The van der Waals surface area contributed by atoms with Crippen molar-refractivity contribution < 1.29 is 14.6 Å². The fourth-order valence-corrected chi connectivity index (χ4v) is 1.48. The molecule has 0 aliphatic carbocycles. The highest BCUT2D eigenvalue weighted by Gasteiger charge is 2.03. The van der Waals surface area contributed by atoms with Gasteiger partial charge in [0.05, 0.1) is 11.6 Å². The van der Waals surface area contributed by atoms with Gasteiger partial charge in [0, 0.05) is 6.42 Å². The Hall–Kier alpha value is -1.03.